The lowest BCUT2D eigenvalue weighted by Gasteiger charge is -2.45. The Morgan fingerprint density at radius 2 is 1.97 bits per heavy atom. The third kappa shape index (κ3) is 5.13. The fraction of sp³-hybridized carbons (Fsp3) is 0.320. The van der Waals surface area contributed by atoms with Gasteiger partial charge in [-0.15, -0.1) is 0 Å². The molecular formula is C25H27F2N7O3. The summed E-state index contributed by atoms with van der Waals surface area (Å²) >= 11 is 0. The molecule has 0 saturated carbocycles. The lowest BCUT2D eigenvalue weighted by Crippen LogP contribution is -2.70. The van der Waals surface area contributed by atoms with Crippen molar-refractivity contribution < 1.29 is 23.2 Å². The van der Waals surface area contributed by atoms with Crippen LogP contribution < -0.4 is 16.0 Å². The number of halogens is 2. The van der Waals surface area contributed by atoms with Crippen LogP contribution in [0.25, 0.3) is 0 Å². The Balaban J connectivity index is 1.61. The minimum Gasteiger partial charge on any atom is -0.384 e. The zero-order valence-electron chi connectivity index (χ0n) is 20.6. The number of pyridine rings is 1. The number of aromatic nitrogens is 3. The lowest BCUT2D eigenvalue weighted by atomic mass is 9.81. The number of hydrogen-bond acceptors (Lipinski definition) is 6. The molecule has 1 saturated heterocycles. The summed E-state index contributed by atoms with van der Waals surface area (Å²) in [5.41, 5.74) is 6.38. The molecule has 3 N–H and O–H groups in total. The van der Waals surface area contributed by atoms with Crippen LogP contribution in [-0.4, -0.2) is 50.6 Å². The summed E-state index contributed by atoms with van der Waals surface area (Å²) < 4.78 is 29.7. The van der Waals surface area contributed by atoms with Crippen molar-refractivity contribution in [1.82, 2.24) is 25.0 Å². The van der Waals surface area contributed by atoms with E-state index in [1.54, 1.807) is 38.4 Å². The number of hydrogen-bond donors (Lipinski definition) is 2. The van der Waals surface area contributed by atoms with Crippen LogP contribution >= 0.6 is 0 Å². The largest absolute Gasteiger partial charge is 0.384 e. The number of anilines is 2. The van der Waals surface area contributed by atoms with Crippen LogP contribution in [0.4, 0.5) is 25.2 Å². The molecule has 0 aliphatic carbocycles. The van der Waals surface area contributed by atoms with Crippen molar-refractivity contribution >= 4 is 29.5 Å². The SMILES string of the molecule is CC[C@@H](NC(=O)N1C(=O)[C@H](Cc2ccnc(N)c2)[C@H]1C(=O)N(C)c1ccn(C)n1)c1cc(F)ccc1F. The molecule has 1 aromatic carbocycles. The molecule has 0 unspecified atom stereocenters. The fourth-order valence-electron chi connectivity index (χ4n) is 4.42. The number of amides is 4. The van der Waals surface area contributed by atoms with Crippen LogP contribution in [-0.2, 0) is 23.1 Å². The Labute approximate surface area is 212 Å². The molecule has 1 aliphatic rings. The number of likely N-dealkylation sites (tertiary alicyclic amines) is 1. The van der Waals surface area contributed by atoms with Crippen molar-refractivity contribution in [2.24, 2.45) is 13.0 Å². The molecule has 4 rings (SSSR count). The third-order valence-electron chi connectivity index (χ3n) is 6.40. The number of likely N-dealkylation sites (N-methyl/N-ethyl adjacent to an activating group) is 1. The fourth-order valence-corrected chi connectivity index (χ4v) is 4.42. The second-order valence-corrected chi connectivity index (χ2v) is 8.87. The van der Waals surface area contributed by atoms with Gasteiger partial charge in [0.05, 0.1) is 12.0 Å². The molecule has 194 valence electrons. The van der Waals surface area contributed by atoms with Crippen molar-refractivity contribution in [3.05, 3.63) is 71.6 Å². The highest BCUT2D eigenvalue weighted by Crippen LogP contribution is 2.33. The number of urea groups is 1. The topological polar surface area (TPSA) is 126 Å². The summed E-state index contributed by atoms with van der Waals surface area (Å²) in [6, 6.07) is 4.90. The van der Waals surface area contributed by atoms with E-state index in [4.69, 9.17) is 5.73 Å². The van der Waals surface area contributed by atoms with Crippen molar-refractivity contribution in [2.75, 3.05) is 17.7 Å². The summed E-state index contributed by atoms with van der Waals surface area (Å²) in [4.78, 5) is 46.0. The van der Waals surface area contributed by atoms with Gasteiger partial charge in [0.25, 0.3) is 5.91 Å². The first kappa shape index (κ1) is 25.7. The number of carbonyl (C=O) groups excluding carboxylic acids is 3. The van der Waals surface area contributed by atoms with Crippen LogP contribution in [0.5, 0.6) is 0 Å². The first-order chi connectivity index (χ1) is 17.6. The monoisotopic (exact) mass is 511 g/mol. The summed E-state index contributed by atoms with van der Waals surface area (Å²) in [7, 11) is 3.20. The summed E-state index contributed by atoms with van der Waals surface area (Å²) in [5.74, 6) is -2.70. The van der Waals surface area contributed by atoms with Gasteiger partial charge in [-0.25, -0.2) is 18.6 Å². The maximum Gasteiger partial charge on any atom is 0.325 e. The van der Waals surface area contributed by atoms with E-state index in [0.29, 0.717) is 11.4 Å². The highest BCUT2D eigenvalue weighted by atomic mass is 19.1. The van der Waals surface area contributed by atoms with Crippen LogP contribution in [0.1, 0.15) is 30.5 Å². The van der Waals surface area contributed by atoms with Gasteiger partial charge in [-0.05, 0) is 48.7 Å². The highest BCUT2D eigenvalue weighted by molar-refractivity contribution is 6.12. The van der Waals surface area contributed by atoms with Gasteiger partial charge < -0.3 is 11.1 Å². The number of nitrogen functional groups attached to an aromatic ring is 1. The van der Waals surface area contributed by atoms with E-state index in [0.717, 1.165) is 23.1 Å². The van der Waals surface area contributed by atoms with Gasteiger partial charge in [0.1, 0.15) is 23.5 Å². The Kier molecular flexibility index (Phi) is 7.18. The molecule has 1 fully saturated rings. The third-order valence-corrected chi connectivity index (χ3v) is 6.40. The van der Waals surface area contributed by atoms with Crippen LogP contribution in [0.15, 0.2) is 48.8 Å². The van der Waals surface area contributed by atoms with E-state index in [1.807, 2.05) is 0 Å². The van der Waals surface area contributed by atoms with Gasteiger partial charge in [0, 0.05) is 38.1 Å². The molecule has 4 amide bonds. The van der Waals surface area contributed by atoms with Gasteiger partial charge in [-0.3, -0.25) is 24.1 Å². The predicted octanol–water partition coefficient (Wildman–Crippen LogP) is 2.57. The van der Waals surface area contributed by atoms with Gasteiger partial charge in [-0.1, -0.05) is 6.92 Å². The minimum absolute atomic E-state index is 0.0545. The molecule has 3 aromatic rings. The van der Waals surface area contributed by atoms with Crippen molar-refractivity contribution in [2.45, 2.75) is 31.8 Å². The predicted molar refractivity (Wildman–Crippen MR) is 131 cm³/mol. The number of nitrogens with two attached hydrogens (primary N) is 1. The Morgan fingerprint density at radius 3 is 2.62 bits per heavy atom. The van der Waals surface area contributed by atoms with E-state index in [2.05, 4.69) is 15.4 Å². The van der Waals surface area contributed by atoms with Crippen LogP contribution in [0.2, 0.25) is 0 Å². The molecule has 2 aromatic heterocycles. The van der Waals surface area contributed by atoms with Gasteiger partial charge in [0.2, 0.25) is 5.91 Å². The number of rotatable bonds is 7. The number of nitrogens with zero attached hydrogens (tertiary/aromatic N) is 5. The van der Waals surface area contributed by atoms with Crippen LogP contribution in [0.3, 0.4) is 0 Å². The Bertz CT molecular complexity index is 1350. The van der Waals surface area contributed by atoms with E-state index < -0.39 is 47.5 Å². The summed E-state index contributed by atoms with van der Waals surface area (Å²) in [6.07, 6.45) is 3.53. The van der Waals surface area contributed by atoms with Crippen molar-refractivity contribution in [1.29, 1.82) is 0 Å². The second-order valence-electron chi connectivity index (χ2n) is 8.87. The van der Waals surface area contributed by atoms with Gasteiger partial charge in [-0.2, -0.15) is 5.10 Å². The van der Waals surface area contributed by atoms with E-state index in [-0.39, 0.29) is 24.2 Å². The summed E-state index contributed by atoms with van der Waals surface area (Å²) in [6.45, 7) is 1.68. The van der Waals surface area contributed by atoms with E-state index in [1.165, 1.54) is 22.8 Å². The standard InChI is InChI=1S/C25H27F2N7O3/c1-4-19(16-13-15(26)5-6-18(16)27)30-25(37)34-22(24(36)33(3)21-8-10-32(2)31-21)17(23(34)35)11-14-7-9-29-20(28)12-14/h5-10,12-13,17,19,22H,4,11H2,1-3H3,(H2,28,29)(H,30,37)/t17-,19-,22+/m1/s1. The Hall–Kier alpha value is -4.35. The first-order valence-corrected chi connectivity index (χ1v) is 11.7. The zero-order chi connectivity index (χ0) is 26.9. The molecule has 10 nitrogen and oxygen atoms in total. The number of aryl methyl sites for hydroxylation is 1. The molecule has 1 aliphatic heterocycles. The maximum absolute atomic E-state index is 14.4. The molecule has 12 heteroatoms. The number of nitrogens with one attached hydrogen (secondary N) is 1. The molecule has 37 heavy (non-hydrogen) atoms. The van der Waals surface area contributed by atoms with Crippen molar-refractivity contribution in [3.63, 3.8) is 0 Å². The normalized spacial score (nSPS) is 17.8. The number of carbonyl (C=O) groups is 3. The molecule has 3 atom stereocenters. The number of benzene rings is 1. The number of β-lactam (4-membered cyclic amide) rings is 1. The molecule has 0 radical (unpaired) electrons. The minimum atomic E-state index is -1.15. The molecule has 0 spiro atoms. The average Bonchev–Trinajstić information content (AvgIpc) is 3.31. The first-order valence-electron chi connectivity index (χ1n) is 11.7. The second kappa shape index (κ2) is 10.3. The quantitative estimate of drug-likeness (QED) is 0.470. The molecule has 3 heterocycles. The van der Waals surface area contributed by atoms with E-state index >= 15 is 0 Å². The molecular weight excluding hydrogens is 484 g/mol. The van der Waals surface area contributed by atoms with Gasteiger partial charge in [0.15, 0.2) is 5.82 Å². The van der Waals surface area contributed by atoms with Crippen molar-refractivity contribution in [3.8, 4) is 0 Å². The maximum atomic E-state index is 14.4. The highest BCUT2D eigenvalue weighted by Gasteiger charge is 2.55. The number of imide groups is 1. The van der Waals surface area contributed by atoms with Gasteiger partial charge >= 0.3 is 6.03 Å². The Morgan fingerprint density at radius 1 is 1.22 bits per heavy atom. The molecule has 0 bridgehead atoms. The smallest absolute Gasteiger partial charge is 0.325 e. The van der Waals surface area contributed by atoms with E-state index in [9.17, 15) is 23.2 Å². The lowest BCUT2D eigenvalue weighted by molar-refractivity contribution is -0.156. The summed E-state index contributed by atoms with van der Waals surface area (Å²) in [5, 5.41) is 6.80. The average molecular weight is 512 g/mol. The van der Waals surface area contributed by atoms with Crippen LogP contribution in [0, 0.1) is 17.6 Å². The zero-order valence-corrected chi connectivity index (χ0v) is 20.6.